The molecule has 0 atom stereocenters. The Morgan fingerprint density at radius 2 is 2.24 bits per heavy atom. The lowest BCUT2D eigenvalue weighted by atomic mass is 10.2. The highest BCUT2D eigenvalue weighted by Crippen LogP contribution is 2.20. The van der Waals surface area contributed by atoms with Crippen LogP contribution in [0.1, 0.15) is 20.9 Å². The van der Waals surface area contributed by atoms with Gasteiger partial charge >= 0.3 is 0 Å². The lowest BCUT2D eigenvalue weighted by Gasteiger charge is -1.96. The van der Waals surface area contributed by atoms with E-state index in [1.54, 1.807) is 20.0 Å². The number of anilines is 1. The van der Waals surface area contributed by atoms with Crippen molar-refractivity contribution in [3.63, 3.8) is 0 Å². The predicted octanol–water partition coefficient (Wildman–Crippen LogP) is 1.59. The standard InChI is InChI=1S/C12H12ClN5O2S/c1-6-7(10(13)18(2)17-6)3-4-9(19)16-12-15-5-8(21-12)11(14)20/h3-5H,1-2H3,(H2,14,20)(H,15,16,19)/b4-3+. The molecule has 2 amide bonds. The van der Waals surface area contributed by atoms with Crippen LogP contribution in [0, 0.1) is 6.92 Å². The number of amides is 2. The fraction of sp³-hybridized carbons (Fsp3) is 0.167. The molecule has 0 radical (unpaired) electrons. The Bertz CT molecular complexity index is 734. The van der Waals surface area contributed by atoms with Gasteiger partial charge in [-0.25, -0.2) is 4.98 Å². The monoisotopic (exact) mass is 325 g/mol. The van der Waals surface area contributed by atoms with E-state index in [0.717, 1.165) is 17.0 Å². The number of carbonyl (C=O) groups is 2. The van der Waals surface area contributed by atoms with Gasteiger partial charge in [0.15, 0.2) is 5.13 Å². The van der Waals surface area contributed by atoms with Crippen LogP contribution in [0.2, 0.25) is 5.15 Å². The van der Waals surface area contributed by atoms with E-state index in [-0.39, 0.29) is 10.8 Å². The molecule has 0 aromatic carbocycles. The van der Waals surface area contributed by atoms with E-state index in [1.807, 2.05) is 0 Å². The molecule has 110 valence electrons. The van der Waals surface area contributed by atoms with Crippen molar-refractivity contribution >= 4 is 46.0 Å². The van der Waals surface area contributed by atoms with Crippen LogP contribution in [0.4, 0.5) is 5.13 Å². The molecular formula is C12H12ClN5O2S. The summed E-state index contributed by atoms with van der Waals surface area (Å²) in [7, 11) is 1.72. The van der Waals surface area contributed by atoms with E-state index in [4.69, 9.17) is 17.3 Å². The van der Waals surface area contributed by atoms with Gasteiger partial charge in [0.25, 0.3) is 5.91 Å². The molecule has 2 aromatic rings. The minimum absolute atomic E-state index is 0.278. The van der Waals surface area contributed by atoms with E-state index in [1.165, 1.54) is 17.0 Å². The largest absolute Gasteiger partial charge is 0.365 e. The van der Waals surface area contributed by atoms with Gasteiger partial charge in [-0.1, -0.05) is 22.9 Å². The van der Waals surface area contributed by atoms with Crippen LogP contribution in [-0.2, 0) is 11.8 Å². The molecule has 21 heavy (non-hydrogen) atoms. The number of halogens is 1. The molecule has 7 nitrogen and oxygen atoms in total. The van der Waals surface area contributed by atoms with E-state index in [9.17, 15) is 9.59 Å². The minimum atomic E-state index is -0.582. The number of aromatic nitrogens is 3. The van der Waals surface area contributed by atoms with Crippen LogP contribution in [0.3, 0.4) is 0 Å². The topological polar surface area (TPSA) is 103 Å². The third-order valence-electron chi connectivity index (χ3n) is 2.58. The molecule has 9 heteroatoms. The van der Waals surface area contributed by atoms with Crippen molar-refractivity contribution in [1.29, 1.82) is 0 Å². The van der Waals surface area contributed by atoms with Crippen molar-refractivity contribution in [2.24, 2.45) is 12.8 Å². The molecular weight excluding hydrogens is 314 g/mol. The molecule has 2 aromatic heterocycles. The highest BCUT2D eigenvalue weighted by molar-refractivity contribution is 7.17. The van der Waals surface area contributed by atoms with Crippen molar-refractivity contribution in [2.45, 2.75) is 6.92 Å². The second-order valence-electron chi connectivity index (χ2n) is 4.13. The normalized spacial score (nSPS) is 11.0. The highest BCUT2D eigenvalue weighted by Gasteiger charge is 2.10. The van der Waals surface area contributed by atoms with Crippen LogP contribution in [0.25, 0.3) is 6.08 Å². The Balaban J connectivity index is 2.07. The molecule has 0 fully saturated rings. The number of carbonyl (C=O) groups excluding carboxylic acids is 2. The molecule has 0 saturated heterocycles. The van der Waals surface area contributed by atoms with Crippen molar-refractivity contribution in [1.82, 2.24) is 14.8 Å². The van der Waals surface area contributed by atoms with Crippen molar-refractivity contribution < 1.29 is 9.59 Å². The first-order chi connectivity index (χ1) is 9.88. The molecule has 0 spiro atoms. The number of hydrogen-bond acceptors (Lipinski definition) is 5. The summed E-state index contributed by atoms with van der Waals surface area (Å²) in [5.41, 5.74) is 6.50. The Labute approximate surface area is 129 Å². The van der Waals surface area contributed by atoms with E-state index >= 15 is 0 Å². The zero-order valence-electron chi connectivity index (χ0n) is 11.3. The first kappa shape index (κ1) is 15.2. The lowest BCUT2D eigenvalue weighted by Crippen LogP contribution is -2.08. The Morgan fingerprint density at radius 1 is 1.52 bits per heavy atom. The average Bonchev–Trinajstić information content (AvgIpc) is 2.95. The summed E-state index contributed by atoms with van der Waals surface area (Å²) < 4.78 is 1.52. The van der Waals surface area contributed by atoms with Gasteiger partial charge in [-0.05, 0) is 13.0 Å². The van der Waals surface area contributed by atoms with Crippen LogP contribution < -0.4 is 11.1 Å². The third-order valence-corrected chi connectivity index (χ3v) is 3.95. The summed E-state index contributed by atoms with van der Waals surface area (Å²) in [5.74, 6) is -0.971. The number of nitrogens with one attached hydrogen (secondary N) is 1. The molecule has 2 rings (SSSR count). The molecule has 0 aliphatic rings. The number of primary amides is 1. The second-order valence-corrected chi connectivity index (χ2v) is 5.52. The summed E-state index contributed by atoms with van der Waals surface area (Å²) in [5, 5.41) is 7.42. The number of thiazole rings is 1. The minimum Gasteiger partial charge on any atom is -0.365 e. The number of aryl methyl sites for hydroxylation is 2. The molecule has 0 saturated carbocycles. The maximum Gasteiger partial charge on any atom is 0.260 e. The van der Waals surface area contributed by atoms with Crippen molar-refractivity contribution in [3.05, 3.63) is 33.6 Å². The molecule has 2 heterocycles. The number of rotatable bonds is 4. The lowest BCUT2D eigenvalue weighted by molar-refractivity contribution is -0.111. The van der Waals surface area contributed by atoms with Crippen LogP contribution in [-0.4, -0.2) is 26.6 Å². The highest BCUT2D eigenvalue weighted by atomic mass is 35.5. The van der Waals surface area contributed by atoms with Gasteiger partial charge in [-0.3, -0.25) is 19.6 Å². The number of nitrogens with zero attached hydrogens (tertiary/aromatic N) is 3. The molecule has 0 bridgehead atoms. The van der Waals surface area contributed by atoms with E-state index < -0.39 is 5.91 Å². The Kier molecular flexibility index (Phi) is 4.39. The zero-order valence-corrected chi connectivity index (χ0v) is 12.8. The van der Waals surface area contributed by atoms with Gasteiger partial charge in [0.1, 0.15) is 10.0 Å². The fourth-order valence-electron chi connectivity index (χ4n) is 1.59. The quantitative estimate of drug-likeness (QED) is 0.833. The molecule has 0 aliphatic heterocycles. The predicted molar refractivity (Wildman–Crippen MR) is 81.3 cm³/mol. The smallest absolute Gasteiger partial charge is 0.260 e. The van der Waals surface area contributed by atoms with E-state index in [2.05, 4.69) is 15.4 Å². The third kappa shape index (κ3) is 3.47. The maximum atomic E-state index is 11.8. The van der Waals surface area contributed by atoms with Crippen molar-refractivity contribution in [3.8, 4) is 0 Å². The second kappa shape index (κ2) is 6.06. The Hall–Kier alpha value is -2.19. The molecule has 0 unspecified atom stereocenters. The molecule has 3 N–H and O–H groups in total. The van der Waals surface area contributed by atoms with Gasteiger partial charge in [0, 0.05) is 18.7 Å². The zero-order chi connectivity index (χ0) is 15.6. The van der Waals surface area contributed by atoms with Crippen LogP contribution in [0.5, 0.6) is 0 Å². The van der Waals surface area contributed by atoms with Gasteiger partial charge in [-0.15, -0.1) is 0 Å². The van der Waals surface area contributed by atoms with Gasteiger partial charge in [0.05, 0.1) is 11.9 Å². The van der Waals surface area contributed by atoms with Crippen LogP contribution in [0.15, 0.2) is 12.3 Å². The fourth-order valence-corrected chi connectivity index (χ4v) is 2.50. The molecule has 0 aliphatic carbocycles. The van der Waals surface area contributed by atoms with Crippen LogP contribution >= 0.6 is 22.9 Å². The first-order valence-electron chi connectivity index (χ1n) is 5.82. The average molecular weight is 326 g/mol. The SMILES string of the molecule is Cc1nn(C)c(Cl)c1/C=C/C(=O)Nc1ncc(C(N)=O)s1. The van der Waals surface area contributed by atoms with Gasteiger partial charge in [-0.2, -0.15) is 5.10 Å². The van der Waals surface area contributed by atoms with Gasteiger partial charge in [0.2, 0.25) is 5.91 Å². The number of nitrogens with two attached hydrogens (primary N) is 1. The van der Waals surface area contributed by atoms with Gasteiger partial charge < -0.3 is 5.73 Å². The van der Waals surface area contributed by atoms with E-state index in [0.29, 0.717) is 15.8 Å². The number of hydrogen-bond donors (Lipinski definition) is 2. The summed E-state index contributed by atoms with van der Waals surface area (Å²) in [6, 6.07) is 0. The summed E-state index contributed by atoms with van der Waals surface area (Å²) in [6.07, 6.45) is 4.21. The summed E-state index contributed by atoms with van der Waals surface area (Å²) in [6.45, 7) is 1.80. The first-order valence-corrected chi connectivity index (χ1v) is 7.01. The summed E-state index contributed by atoms with van der Waals surface area (Å²) >= 11 is 7.06. The van der Waals surface area contributed by atoms with Crippen molar-refractivity contribution in [2.75, 3.05) is 5.32 Å². The Morgan fingerprint density at radius 3 is 2.76 bits per heavy atom. The maximum absolute atomic E-state index is 11.8. The summed E-state index contributed by atoms with van der Waals surface area (Å²) in [4.78, 5) is 26.9.